The van der Waals surface area contributed by atoms with Crippen molar-refractivity contribution in [1.82, 2.24) is 9.97 Å². The van der Waals surface area contributed by atoms with Gasteiger partial charge in [-0.25, -0.2) is 9.97 Å². The van der Waals surface area contributed by atoms with Gasteiger partial charge in [-0.2, -0.15) is 0 Å². The Hall–Kier alpha value is -0.770. The molecule has 0 aromatic carbocycles. The third-order valence-electron chi connectivity index (χ3n) is 2.41. The van der Waals surface area contributed by atoms with Crippen LogP contribution < -0.4 is 4.90 Å². The second-order valence-corrected chi connectivity index (χ2v) is 5.67. The van der Waals surface area contributed by atoms with E-state index in [0.29, 0.717) is 5.25 Å². The molecule has 1 aromatic rings. The largest absolute Gasteiger partial charge is 0.356 e. The molecule has 2 rings (SSSR count). The van der Waals surface area contributed by atoms with Crippen molar-refractivity contribution < 1.29 is 0 Å². The zero-order chi connectivity index (χ0) is 10.7. The van der Waals surface area contributed by atoms with Crippen molar-refractivity contribution in [3.05, 3.63) is 12.4 Å². The van der Waals surface area contributed by atoms with Crippen molar-refractivity contribution in [3.8, 4) is 0 Å². The Bertz CT molecular complexity index is 321. The minimum atomic E-state index is 0.575. The molecule has 4 heteroatoms. The van der Waals surface area contributed by atoms with Gasteiger partial charge in [0, 0.05) is 24.4 Å². The van der Waals surface area contributed by atoms with Gasteiger partial charge in [0.1, 0.15) is 17.2 Å². The van der Waals surface area contributed by atoms with Crippen LogP contribution >= 0.6 is 11.8 Å². The fourth-order valence-corrected chi connectivity index (χ4v) is 2.52. The molecule has 0 atom stereocenters. The topological polar surface area (TPSA) is 29.0 Å². The van der Waals surface area contributed by atoms with Gasteiger partial charge in [-0.05, 0) is 12.8 Å². The lowest BCUT2D eigenvalue weighted by Gasteiger charge is -2.16. The van der Waals surface area contributed by atoms with Gasteiger partial charge >= 0.3 is 0 Å². The van der Waals surface area contributed by atoms with E-state index in [1.165, 1.54) is 12.8 Å². The van der Waals surface area contributed by atoms with Crippen LogP contribution in [0, 0.1) is 0 Å². The van der Waals surface area contributed by atoms with Gasteiger partial charge in [-0.3, -0.25) is 0 Å². The lowest BCUT2D eigenvalue weighted by molar-refractivity contribution is 0.907. The SMILES string of the molecule is CC(C)Sc1cc(N2CCCC2)ncn1. The van der Waals surface area contributed by atoms with E-state index in [-0.39, 0.29) is 0 Å². The van der Waals surface area contributed by atoms with Gasteiger partial charge in [0.2, 0.25) is 0 Å². The highest BCUT2D eigenvalue weighted by atomic mass is 32.2. The van der Waals surface area contributed by atoms with Gasteiger partial charge in [0.15, 0.2) is 0 Å². The average Bonchev–Trinajstić information content (AvgIpc) is 2.69. The third kappa shape index (κ3) is 2.84. The smallest absolute Gasteiger partial charge is 0.133 e. The quantitative estimate of drug-likeness (QED) is 0.582. The van der Waals surface area contributed by atoms with Crippen LogP contribution in [0.15, 0.2) is 17.4 Å². The predicted molar refractivity (Wildman–Crippen MR) is 64.5 cm³/mol. The maximum absolute atomic E-state index is 4.33. The Kier molecular flexibility index (Phi) is 3.46. The Labute approximate surface area is 95.3 Å². The Balaban J connectivity index is 2.11. The summed E-state index contributed by atoms with van der Waals surface area (Å²) in [6.45, 7) is 6.65. The van der Waals surface area contributed by atoms with Crippen molar-refractivity contribution >= 4 is 17.6 Å². The van der Waals surface area contributed by atoms with Crippen molar-refractivity contribution in [3.63, 3.8) is 0 Å². The monoisotopic (exact) mass is 223 g/mol. The maximum Gasteiger partial charge on any atom is 0.133 e. The minimum Gasteiger partial charge on any atom is -0.356 e. The minimum absolute atomic E-state index is 0.575. The zero-order valence-corrected chi connectivity index (χ0v) is 10.1. The molecule has 1 aliphatic heterocycles. The first kappa shape index (κ1) is 10.7. The van der Waals surface area contributed by atoms with Crippen LogP contribution in [0.1, 0.15) is 26.7 Å². The van der Waals surface area contributed by atoms with E-state index in [1.807, 2.05) is 0 Å². The number of thioether (sulfide) groups is 1. The number of aromatic nitrogens is 2. The Morgan fingerprint density at radius 3 is 2.67 bits per heavy atom. The molecule has 0 bridgehead atoms. The highest BCUT2D eigenvalue weighted by Gasteiger charge is 2.14. The number of hydrogen-bond acceptors (Lipinski definition) is 4. The van der Waals surface area contributed by atoms with Crippen LogP contribution in [0.4, 0.5) is 5.82 Å². The van der Waals surface area contributed by atoms with E-state index in [0.717, 1.165) is 23.9 Å². The van der Waals surface area contributed by atoms with Gasteiger partial charge in [-0.15, -0.1) is 11.8 Å². The van der Waals surface area contributed by atoms with E-state index in [4.69, 9.17) is 0 Å². The molecule has 1 saturated heterocycles. The fraction of sp³-hybridized carbons (Fsp3) is 0.636. The molecule has 0 spiro atoms. The van der Waals surface area contributed by atoms with Crippen LogP contribution in [-0.4, -0.2) is 28.3 Å². The van der Waals surface area contributed by atoms with E-state index in [1.54, 1.807) is 18.1 Å². The first-order valence-electron chi connectivity index (χ1n) is 5.49. The molecule has 0 amide bonds. The molecule has 2 heterocycles. The van der Waals surface area contributed by atoms with Gasteiger partial charge in [0.25, 0.3) is 0 Å². The molecule has 1 aromatic heterocycles. The van der Waals surface area contributed by atoms with E-state index < -0.39 is 0 Å². The summed E-state index contributed by atoms with van der Waals surface area (Å²) in [7, 11) is 0. The summed E-state index contributed by atoms with van der Waals surface area (Å²) in [6.07, 6.45) is 4.26. The molecule has 1 aliphatic rings. The van der Waals surface area contributed by atoms with Crippen molar-refractivity contribution in [2.45, 2.75) is 37.0 Å². The molecular formula is C11H17N3S. The lowest BCUT2D eigenvalue weighted by Crippen LogP contribution is -2.19. The second kappa shape index (κ2) is 4.84. The summed E-state index contributed by atoms with van der Waals surface area (Å²) < 4.78 is 0. The molecule has 0 saturated carbocycles. The summed E-state index contributed by atoms with van der Waals surface area (Å²) in [5, 5.41) is 1.66. The number of rotatable bonds is 3. The standard InChI is InChI=1S/C11H17N3S/c1-9(2)15-11-7-10(12-8-13-11)14-5-3-4-6-14/h7-9H,3-6H2,1-2H3. The summed E-state index contributed by atoms with van der Waals surface area (Å²) in [4.78, 5) is 10.9. The molecule has 0 N–H and O–H groups in total. The third-order valence-corrected chi connectivity index (χ3v) is 3.35. The maximum atomic E-state index is 4.33. The van der Waals surface area contributed by atoms with Crippen molar-refractivity contribution in [1.29, 1.82) is 0 Å². The van der Waals surface area contributed by atoms with Gasteiger partial charge < -0.3 is 4.90 Å². The highest BCUT2D eigenvalue weighted by molar-refractivity contribution is 7.99. The second-order valence-electron chi connectivity index (χ2n) is 4.08. The van der Waals surface area contributed by atoms with Crippen LogP contribution in [0.25, 0.3) is 0 Å². The number of hydrogen-bond donors (Lipinski definition) is 0. The lowest BCUT2D eigenvalue weighted by atomic mass is 10.4. The highest BCUT2D eigenvalue weighted by Crippen LogP contribution is 2.24. The molecule has 0 unspecified atom stereocenters. The Morgan fingerprint density at radius 2 is 2.00 bits per heavy atom. The van der Waals surface area contributed by atoms with Crippen LogP contribution in [0.5, 0.6) is 0 Å². The number of nitrogens with zero attached hydrogens (tertiary/aromatic N) is 3. The Morgan fingerprint density at radius 1 is 1.27 bits per heavy atom. The summed E-state index contributed by atoms with van der Waals surface area (Å²) in [6, 6.07) is 2.11. The molecule has 82 valence electrons. The van der Waals surface area contributed by atoms with Crippen LogP contribution in [0.2, 0.25) is 0 Å². The summed E-state index contributed by atoms with van der Waals surface area (Å²) >= 11 is 1.79. The van der Waals surface area contributed by atoms with Gasteiger partial charge in [0.05, 0.1) is 0 Å². The van der Waals surface area contributed by atoms with Crippen LogP contribution in [0.3, 0.4) is 0 Å². The average molecular weight is 223 g/mol. The van der Waals surface area contributed by atoms with Crippen LogP contribution in [-0.2, 0) is 0 Å². The van der Waals surface area contributed by atoms with E-state index in [2.05, 4.69) is 34.8 Å². The molecule has 0 aliphatic carbocycles. The van der Waals surface area contributed by atoms with E-state index in [9.17, 15) is 0 Å². The number of anilines is 1. The molecule has 15 heavy (non-hydrogen) atoms. The molecule has 3 nitrogen and oxygen atoms in total. The molecule has 0 radical (unpaired) electrons. The predicted octanol–water partition coefficient (Wildman–Crippen LogP) is 2.58. The fourth-order valence-electron chi connectivity index (χ4n) is 1.76. The summed E-state index contributed by atoms with van der Waals surface area (Å²) in [5.41, 5.74) is 0. The van der Waals surface area contributed by atoms with Crippen molar-refractivity contribution in [2.75, 3.05) is 18.0 Å². The molecular weight excluding hydrogens is 206 g/mol. The molecule has 1 fully saturated rings. The summed E-state index contributed by atoms with van der Waals surface area (Å²) in [5.74, 6) is 1.09. The normalized spacial score (nSPS) is 16.3. The first-order chi connectivity index (χ1) is 7.25. The zero-order valence-electron chi connectivity index (χ0n) is 9.31. The van der Waals surface area contributed by atoms with E-state index >= 15 is 0 Å². The van der Waals surface area contributed by atoms with Gasteiger partial charge in [-0.1, -0.05) is 13.8 Å². The first-order valence-corrected chi connectivity index (χ1v) is 6.37. The van der Waals surface area contributed by atoms with Crippen molar-refractivity contribution in [2.24, 2.45) is 0 Å².